The molecule has 0 aromatic heterocycles. The van der Waals surface area contributed by atoms with Crippen LogP contribution in [-0.4, -0.2) is 59.5 Å². The summed E-state index contributed by atoms with van der Waals surface area (Å²) in [5, 5.41) is 12.3. The standard InChI is InChI=1S/C43H50NO6PSSi/c1-9-39(51(35-19-13-10-14-20-35,36-21-15-11-16-22-36)37-23-17-12-18-24-37)49-38(47)29-44-40(31(2)50-53(7,8)42(4,5)6)43(41(44)48,52-32(3)46)34-27-25-33(30-45)26-28-34/h9-28,31,40,45H,1,29-30H2,2-8H3/t31-,40-,43+/m1/s1. The number of carbonyl (C=O) groups is 3. The minimum Gasteiger partial charge on any atom is -0.424 e. The second-order valence-corrected chi connectivity index (χ2v) is 24.4. The first-order chi connectivity index (χ1) is 25.1. The SMILES string of the molecule is C=CC(OC(=O)CN1C(=O)[C@](SC(C)=O)(c2ccc(CO)cc2)[C@H]1[C@@H](C)O[Si](C)(C)C(C)(C)C)=P(c1ccccc1)(c1ccccc1)c1ccccc1. The highest BCUT2D eigenvalue weighted by Gasteiger charge is 2.66. The van der Waals surface area contributed by atoms with Crippen LogP contribution >= 0.6 is 18.6 Å². The summed E-state index contributed by atoms with van der Waals surface area (Å²) in [5.41, 5.74) is 1.70. The van der Waals surface area contributed by atoms with Gasteiger partial charge in [-0.05, 0) is 58.2 Å². The van der Waals surface area contributed by atoms with Gasteiger partial charge in [-0.3, -0.25) is 9.59 Å². The van der Waals surface area contributed by atoms with Gasteiger partial charge in [0, 0.05) is 13.8 Å². The third-order valence-corrected chi connectivity index (χ3v) is 20.4. The van der Waals surface area contributed by atoms with Gasteiger partial charge in [0.2, 0.25) is 5.91 Å². The lowest BCUT2D eigenvalue weighted by Gasteiger charge is -2.58. The molecule has 4 aromatic carbocycles. The lowest BCUT2D eigenvalue weighted by Crippen LogP contribution is -2.75. The molecule has 0 aliphatic carbocycles. The molecule has 1 heterocycles. The first-order valence-corrected chi connectivity index (χ1v) is 23.3. The van der Waals surface area contributed by atoms with Crippen LogP contribution in [0.3, 0.4) is 0 Å². The van der Waals surface area contributed by atoms with Crippen molar-refractivity contribution in [3.63, 3.8) is 0 Å². The van der Waals surface area contributed by atoms with Gasteiger partial charge in [0.25, 0.3) is 0 Å². The van der Waals surface area contributed by atoms with Crippen LogP contribution < -0.4 is 15.9 Å². The summed E-state index contributed by atoms with van der Waals surface area (Å²) in [5.74, 6) is -1.00. The molecule has 1 saturated heterocycles. The monoisotopic (exact) mass is 767 g/mol. The Morgan fingerprint density at radius 3 is 1.77 bits per heavy atom. The van der Waals surface area contributed by atoms with Crippen molar-refractivity contribution in [1.82, 2.24) is 4.90 Å². The van der Waals surface area contributed by atoms with Crippen molar-refractivity contribution >= 4 is 65.4 Å². The fourth-order valence-corrected chi connectivity index (χ4v) is 13.7. The summed E-state index contributed by atoms with van der Waals surface area (Å²) >= 11 is 0.953. The summed E-state index contributed by atoms with van der Waals surface area (Å²) in [7, 11) is -2.39. The summed E-state index contributed by atoms with van der Waals surface area (Å²) in [6, 6.07) is 36.4. The van der Waals surface area contributed by atoms with Crippen LogP contribution in [-0.2, 0) is 34.9 Å². The van der Waals surface area contributed by atoms with Crippen molar-refractivity contribution in [1.29, 1.82) is 0 Å². The zero-order valence-corrected chi connectivity index (χ0v) is 34.3. The van der Waals surface area contributed by atoms with E-state index in [-0.39, 0.29) is 29.2 Å². The van der Waals surface area contributed by atoms with E-state index in [2.05, 4.69) is 76.8 Å². The van der Waals surface area contributed by atoms with Crippen LogP contribution in [0.1, 0.15) is 45.7 Å². The smallest absolute Gasteiger partial charge is 0.331 e. The van der Waals surface area contributed by atoms with Gasteiger partial charge in [0.15, 0.2) is 13.4 Å². The number of hydrogen-bond donors (Lipinski definition) is 1. The molecule has 10 heteroatoms. The van der Waals surface area contributed by atoms with E-state index in [1.807, 2.05) is 61.5 Å². The number of hydrogen-bond acceptors (Lipinski definition) is 7. The van der Waals surface area contributed by atoms with Gasteiger partial charge < -0.3 is 19.2 Å². The molecule has 0 unspecified atom stereocenters. The molecule has 1 amide bonds. The molecule has 7 nitrogen and oxygen atoms in total. The second kappa shape index (κ2) is 16.2. The molecule has 1 aliphatic heterocycles. The van der Waals surface area contributed by atoms with Crippen LogP contribution in [0.2, 0.25) is 18.1 Å². The first-order valence-electron chi connectivity index (χ1n) is 17.8. The van der Waals surface area contributed by atoms with Gasteiger partial charge >= 0.3 is 5.97 Å². The van der Waals surface area contributed by atoms with Gasteiger partial charge in [-0.15, -0.1) is 0 Å². The second-order valence-electron chi connectivity index (χ2n) is 14.8. The van der Waals surface area contributed by atoms with Crippen LogP contribution in [0.15, 0.2) is 128 Å². The number of carbonyl (C=O) groups excluding carboxylic acids is 3. The number of ether oxygens (including phenoxy) is 1. The number of β-lactam (4-membered cyclic amide) rings is 1. The molecule has 0 spiro atoms. The quantitative estimate of drug-likeness (QED) is 0.0670. The van der Waals surface area contributed by atoms with E-state index in [1.54, 1.807) is 30.3 Å². The largest absolute Gasteiger partial charge is 0.424 e. The van der Waals surface area contributed by atoms with Crippen molar-refractivity contribution < 1.29 is 28.7 Å². The van der Waals surface area contributed by atoms with E-state index in [0.29, 0.717) is 16.6 Å². The molecule has 1 N–H and O–H groups in total. The molecule has 53 heavy (non-hydrogen) atoms. The maximum Gasteiger partial charge on any atom is 0.331 e. The Morgan fingerprint density at radius 1 is 0.906 bits per heavy atom. The molecular weight excluding hydrogens is 718 g/mol. The fraction of sp³-hybridized carbons (Fsp3) is 0.302. The highest BCUT2D eigenvalue weighted by molar-refractivity contribution is 8.15. The maximum absolute atomic E-state index is 14.6. The molecule has 3 atom stereocenters. The highest BCUT2D eigenvalue weighted by atomic mass is 32.2. The average molecular weight is 768 g/mol. The molecule has 1 fully saturated rings. The van der Waals surface area contributed by atoms with E-state index in [9.17, 15) is 19.5 Å². The lowest BCUT2D eigenvalue weighted by molar-refractivity contribution is -0.164. The summed E-state index contributed by atoms with van der Waals surface area (Å²) in [4.78, 5) is 43.5. The Kier molecular flexibility index (Phi) is 12.3. The number of likely N-dealkylation sites (tertiary alicyclic amines) is 1. The Morgan fingerprint density at radius 2 is 1.38 bits per heavy atom. The zero-order valence-electron chi connectivity index (χ0n) is 31.6. The van der Waals surface area contributed by atoms with E-state index >= 15 is 0 Å². The number of thioether (sulfide) groups is 1. The molecule has 5 rings (SSSR count). The van der Waals surface area contributed by atoms with Crippen molar-refractivity contribution in [2.75, 3.05) is 6.54 Å². The van der Waals surface area contributed by atoms with Crippen LogP contribution in [0.25, 0.3) is 0 Å². The van der Waals surface area contributed by atoms with Gasteiger partial charge in [-0.1, -0.05) is 154 Å². The van der Waals surface area contributed by atoms with Crippen molar-refractivity contribution in [2.24, 2.45) is 0 Å². The van der Waals surface area contributed by atoms with Crippen molar-refractivity contribution in [3.05, 3.63) is 139 Å². The topological polar surface area (TPSA) is 93.1 Å². The Balaban J connectivity index is 1.64. The van der Waals surface area contributed by atoms with E-state index < -0.39 is 38.1 Å². The minimum absolute atomic E-state index is 0.134. The number of amides is 1. The number of rotatable bonds is 13. The molecule has 1 aliphatic rings. The summed E-state index contributed by atoms with van der Waals surface area (Å²) in [6.07, 6.45) is 1.08. The number of benzene rings is 4. The van der Waals surface area contributed by atoms with Crippen LogP contribution in [0.5, 0.6) is 0 Å². The van der Waals surface area contributed by atoms with Crippen molar-refractivity contribution in [3.8, 4) is 0 Å². The fourth-order valence-electron chi connectivity index (χ4n) is 6.94. The number of esters is 1. The van der Waals surface area contributed by atoms with Gasteiger partial charge in [-0.25, -0.2) is 4.79 Å². The molecule has 0 radical (unpaired) electrons. The lowest BCUT2D eigenvalue weighted by atomic mass is 9.77. The predicted molar refractivity (Wildman–Crippen MR) is 222 cm³/mol. The Labute approximate surface area is 319 Å². The van der Waals surface area contributed by atoms with Gasteiger partial charge in [-0.2, -0.15) is 0 Å². The van der Waals surface area contributed by atoms with Gasteiger partial charge in [0.1, 0.15) is 16.8 Å². The third kappa shape index (κ3) is 7.69. The number of aliphatic hydroxyl groups is 1. The van der Waals surface area contributed by atoms with Crippen molar-refractivity contribution in [2.45, 2.75) is 76.3 Å². The van der Waals surface area contributed by atoms with Crippen LogP contribution in [0, 0.1) is 0 Å². The third-order valence-electron chi connectivity index (χ3n) is 10.4. The summed E-state index contributed by atoms with van der Waals surface area (Å²) < 4.78 is 12.0. The highest BCUT2D eigenvalue weighted by Crippen LogP contribution is 2.54. The molecule has 4 aromatic rings. The zero-order chi connectivity index (χ0) is 38.6. The minimum atomic E-state index is -2.78. The Bertz CT molecular complexity index is 1890. The van der Waals surface area contributed by atoms with E-state index in [0.717, 1.165) is 27.7 Å². The predicted octanol–water partition coefficient (Wildman–Crippen LogP) is 7.13. The average Bonchev–Trinajstić information content (AvgIpc) is 3.14. The van der Waals surface area contributed by atoms with Crippen LogP contribution in [0.4, 0.5) is 0 Å². The maximum atomic E-state index is 14.6. The summed E-state index contributed by atoms with van der Waals surface area (Å²) in [6.45, 7) is 14.9. The van der Waals surface area contributed by atoms with E-state index in [1.165, 1.54) is 11.8 Å². The Hall–Kier alpha value is -3.98. The normalized spacial score (nSPS) is 18.2. The molecular formula is C43H50NO6PSSi. The number of nitrogens with zero attached hydrogens (tertiary/aromatic N) is 1. The molecule has 0 saturated carbocycles. The van der Waals surface area contributed by atoms with E-state index in [4.69, 9.17) is 9.16 Å². The first kappa shape index (κ1) is 40.2. The van der Waals surface area contributed by atoms with Gasteiger partial charge in [0.05, 0.1) is 18.8 Å². The molecule has 0 bridgehead atoms. The molecule has 278 valence electrons. The number of aliphatic hydroxyl groups excluding tert-OH is 1.